The molecular formula is C8H16N2O. The summed E-state index contributed by atoms with van der Waals surface area (Å²) in [4.78, 5) is 14.7. The van der Waals surface area contributed by atoms with Gasteiger partial charge in [0.1, 0.15) is 0 Å². The van der Waals surface area contributed by atoms with Gasteiger partial charge in [0.25, 0.3) is 0 Å². The molecule has 1 amide bonds. The molecule has 3 nitrogen and oxygen atoms in total. The van der Waals surface area contributed by atoms with Gasteiger partial charge >= 0.3 is 0 Å². The number of hydrogen-bond donors (Lipinski definition) is 0. The van der Waals surface area contributed by atoms with E-state index in [9.17, 15) is 4.79 Å². The predicted octanol–water partition coefficient (Wildman–Crippen LogP) is 0.167. The molecule has 0 radical (unpaired) electrons. The molecule has 1 aliphatic rings. The number of carbonyl (C=O) groups excluding carboxylic acids is 1. The molecule has 2 unspecified atom stereocenters. The zero-order valence-electron chi connectivity index (χ0n) is 7.45. The van der Waals surface area contributed by atoms with E-state index in [2.05, 4.69) is 25.8 Å². The summed E-state index contributed by atoms with van der Waals surface area (Å²) in [6.45, 7) is 6.15. The topological polar surface area (TPSA) is 23.6 Å². The van der Waals surface area contributed by atoms with E-state index in [-0.39, 0.29) is 0 Å². The number of amides is 1. The van der Waals surface area contributed by atoms with Gasteiger partial charge in [-0.25, -0.2) is 0 Å². The Bertz CT molecular complexity index is 137. The highest BCUT2D eigenvalue weighted by molar-refractivity contribution is 5.48. The maximum atomic E-state index is 10.6. The SMILES string of the molecule is CC1CN(C)CC(C)N1C=O. The number of nitrogens with zero attached hydrogens (tertiary/aromatic N) is 2. The number of hydrogen-bond acceptors (Lipinski definition) is 2. The first-order valence-corrected chi connectivity index (χ1v) is 4.06. The second-order valence-corrected chi connectivity index (χ2v) is 3.47. The Kier molecular flexibility index (Phi) is 2.49. The minimum absolute atomic E-state index is 0.362. The number of piperazine rings is 1. The second-order valence-electron chi connectivity index (χ2n) is 3.47. The largest absolute Gasteiger partial charge is 0.337 e. The van der Waals surface area contributed by atoms with Crippen LogP contribution in [0.25, 0.3) is 0 Å². The van der Waals surface area contributed by atoms with Crippen LogP contribution in [0.4, 0.5) is 0 Å². The Morgan fingerprint density at radius 1 is 1.27 bits per heavy atom. The van der Waals surface area contributed by atoms with Gasteiger partial charge in [0.15, 0.2) is 0 Å². The van der Waals surface area contributed by atoms with Crippen LogP contribution >= 0.6 is 0 Å². The van der Waals surface area contributed by atoms with Crippen molar-refractivity contribution >= 4 is 6.41 Å². The fraction of sp³-hybridized carbons (Fsp3) is 0.875. The molecule has 1 fully saturated rings. The average molecular weight is 156 g/mol. The summed E-state index contributed by atoms with van der Waals surface area (Å²) < 4.78 is 0. The lowest BCUT2D eigenvalue weighted by molar-refractivity contribution is -0.124. The molecule has 64 valence electrons. The van der Waals surface area contributed by atoms with Crippen molar-refractivity contribution in [2.75, 3.05) is 20.1 Å². The fourth-order valence-corrected chi connectivity index (χ4v) is 1.81. The summed E-state index contributed by atoms with van der Waals surface area (Å²) in [5, 5.41) is 0. The van der Waals surface area contributed by atoms with Crippen molar-refractivity contribution in [1.29, 1.82) is 0 Å². The highest BCUT2D eigenvalue weighted by Crippen LogP contribution is 2.11. The second kappa shape index (κ2) is 3.22. The van der Waals surface area contributed by atoms with Gasteiger partial charge in [0.2, 0.25) is 6.41 Å². The van der Waals surface area contributed by atoms with Crippen LogP contribution in [0.2, 0.25) is 0 Å². The molecular weight excluding hydrogens is 140 g/mol. The van der Waals surface area contributed by atoms with Gasteiger partial charge < -0.3 is 9.80 Å². The number of carbonyl (C=O) groups is 1. The van der Waals surface area contributed by atoms with Crippen LogP contribution in [0.5, 0.6) is 0 Å². The normalized spacial score (nSPS) is 33.9. The Hall–Kier alpha value is -0.570. The van der Waals surface area contributed by atoms with Crippen LogP contribution in [0.3, 0.4) is 0 Å². The highest BCUT2D eigenvalue weighted by Gasteiger charge is 2.25. The minimum atomic E-state index is 0.362. The molecule has 1 aliphatic heterocycles. The Morgan fingerprint density at radius 2 is 1.73 bits per heavy atom. The van der Waals surface area contributed by atoms with Crippen molar-refractivity contribution in [2.24, 2.45) is 0 Å². The van der Waals surface area contributed by atoms with Crippen molar-refractivity contribution < 1.29 is 4.79 Å². The monoisotopic (exact) mass is 156 g/mol. The van der Waals surface area contributed by atoms with Crippen LogP contribution in [0.1, 0.15) is 13.8 Å². The van der Waals surface area contributed by atoms with Crippen molar-refractivity contribution in [3.8, 4) is 0 Å². The number of likely N-dealkylation sites (N-methyl/N-ethyl adjacent to an activating group) is 1. The van der Waals surface area contributed by atoms with E-state index in [0.29, 0.717) is 12.1 Å². The molecule has 0 aromatic carbocycles. The third-order valence-electron chi connectivity index (χ3n) is 2.29. The van der Waals surface area contributed by atoms with Gasteiger partial charge in [-0.15, -0.1) is 0 Å². The zero-order chi connectivity index (χ0) is 8.43. The molecule has 0 aliphatic carbocycles. The van der Waals surface area contributed by atoms with Gasteiger partial charge in [-0.3, -0.25) is 4.79 Å². The van der Waals surface area contributed by atoms with E-state index in [4.69, 9.17) is 0 Å². The van der Waals surface area contributed by atoms with Crippen molar-refractivity contribution in [1.82, 2.24) is 9.80 Å². The fourth-order valence-electron chi connectivity index (χ4n) is 1.81. The van der Waals surface area contributed by atoms with Gasteiger partial charge in [0, 0.05) is 25.2 Å². The van der Waals surface area contributed by atoms with E-state index in [0.717, 1.165) is 19.5 Å². The van der Waals surface area contributed by atoms with Gasteiger partial charge in [0.05, 0.1) is 0 Å². The van der Waals surface area contributed by atoms with Crippen LogP contribution < -0.4 is 0 Å². The molecule has 0 bridgehead atoms. The summed E-state index contributed by atoms with van der Waals surface area (Å²) in [5.74, 6) is 0. The summed E-state index contributed by atoms with van der Waals surface area (Å²) in [7, 11) is 2.09. The van der Waals surface area contributed by atoms with Gasteiger partial charge in [-0.2, -0.15) is 0 Å². The zero-order valence-corrected chi connectivity index (χ0v) is 7.45. The summed E-state index contributed by atoms with van der Waals surface area (Å²) in [6.07, 6.45) is 0.961. The lowest BCUT2D eigenvalue weighted by Gasteiger charge is -2.40. The molecule has 2 atom stereocenters. The first-order valence-electron chi connectivity index (χ1n) is 4.06. The predicted molar refractivity (Wildman–Crippen MR) is 44.3 cm³/mol. The average Bonchev–Trinajstić information content (AvgIpc) is 1.85. The van der Waals surface area contributed by atoms with E-state index < -0.39 is 0 Å². The van der Waals surface area contributed by atoms with Crippen molar-refractivity contribution in [3.05, 3.63) is 0 Å². The maximum absolute atomic E-state index is 10.6. The Labute approximate surface area is 68.0 Å². The van der Waals surface area contributed by atoms with E-state index in [1.54, 1.807) is 0 Å². The van der Waals surface area contributed by atoms with Crippen LogP contribution in [-0.4, -0.2) is 48.4 Å². The van der Waals surface area contributed by atoms with Crippen molar-refractivity contribution in [3.63, 3.8) is 0 Å². The molecule has 0 spiro atoms. The van der Waals surface area contributed by atoms with E-state index >= 15 is 0 Å². The molecule has 0 saturated carbocycles. The van der Waals surface area contributed by atoms with Crippen molar-refractivity contribution in [2.45, 2.75) is 25.9 Å². The highest BCUT2D eigenvalue weighted by atomic mass is 16.1. The molecule has 0 aromatic rings. The maximum Gasteiger partial charge on any atom is 0.210 e. The quantitative estimate of drug-likeness (QED) is 0.505. The first-order chi connectivity index (χ1) is 5.15. The van der Waals surface area contributed by atoms with Gasteiger partial charge in [-0.05, 0) is 20.9 Å². The first kappa shape index (κ1) is 8.53. The molecule has 0 aromatic heterocycles. The molecule has 1 saturated heterocycles. The summed E-state index contributed by atoms with van der Waals surface area (Å²) in [5.41, 5.74) is 0. The lowest BCUT2D eigenvalue weighted by atomic mass is 10.1. The van der Waals surface area contributed by atoms with Gasteiger partial charge in [-0.1, -0.05) is 0 Å². The molecule has 1 rings (SSSR count). The Balaban J connectivity index is 2.58. The minimum Gasteiger partial charge on any atom is -0.337 e. The standard InChI is InChI=1S/C8H16N2O/c1-7-4-9(3)5-8(2)10(7)6-11/h6-8H,4-5H2,1-3H3. The van der Waals surface area contributed by atoms with Crippen LogP contribution in [-0.2, 0) is 4.79 Å². The van der Waals surface area contributed by atoms with Crippen LogP contribution in [0, 0.1) is 0 Å². The molecule has 11 heavy (non-hydrogen) atoms. The van der Waals surface area contributed by atoms with Crippen LogP contribution in [0.15, 0.2) is 0 Å². The third kappa shape index (κ3) is 1.71. The van der Waals surface area contributed by atoms with E-state index in [1.807, 2.05) is 4.90 Å². The molecule has 3 heteroatoms. The van der Waals surface area contributed by atoms with E-state index in [1.165, 1.54) is 0 Å². The Morgan fingerprint density at radius 3 is 2.09 bits per heavy atom. The third-order valence-corrected chi connectivity index (χ3v) is 2.29. The molecule has 0 N–H and O–H groups in total. The smallest absolute Gasteiger partial charge is 0.210 e. The lowest BCUT2D eigenvalue weighted by Crippen LogP contribution is -2.54. The summed E-state index contributed by atoms with van der Waals surface area (Å²) in [6, 6.07) is 0.725. The summed E-state index contributed by atoms with van der Waals surface area (Å²) >= 11 is 0. The number of rotatable bonds is 1. The molecule has 1 heterocycles.